The van der Waals surface area contributed by atoms with Crippen molar-refractivity contribution in [2.75, 3.05) is 30.3 Å². The van der Waals surface area contributed by atoms with Crippen molar-refractivity contribution in [1.82, 2.24) is 20.3 Å². The summed E-state index contributed by atoms with van der Waals surface area (Å²) in [6.45, 7) is 2.86. The number of nitrogens with one attached hydrogen (secondary N) is 1. The van der Waals surface area contributed by atoms with E-state index >= 15 is 0 Å². The molecule has 2 aliphatic rings. The Hall–Kier alpha value is -2.80. The lowest BCUT2D eigenvalue weighted by molar-refractivity contribution is 0.442. The lowest BCUT2D eigenvalue weighted by Crippen LogP contribution is -2.52. The third kappa shape index (κ3) is 2.98. The van der Waals surface area contributed by atoms with Gasteiger partial charge in [0.1, 0.15) is 5.52 Å². The minimum atomic E-state index is -0.372. The molecule has 3 heterocycles. The highest BCUT2D eigenvalue weighted by Gasteiger charge is 2.45. The maximum absolute atomic E-state index is 14.3. The monoisotopic (exact) mass is 364 g/mol. The fraction of sp³-hybridized carbons (Fsp3) is 0.350. The summed E-state index contributed by atoms with van der Waals surface area (Å²) < 4.78 is 14.3. The predicted octanol–water partition coefficient (Wildman–Crippen LogP) is 2.28. The molecule has 27 heavy (non-hydrogen) atoms. The van der Waals surface area contributed by atoms with Gasteiger partial charge in [0.05, 0.1) is 22.6 Å². The van der Waals surface area contributed by atoms with Crippen molar-refractivity contribution in [2.24, 2.45) is 0 Å². The number of pyridine rings is 1. The molecule has 1 aromatic carbocycles. The number of hydrogen-bond donors (Lipinski definition) is 2. The number of benzene rings is 1. The van der Waals surface area contributed by atoms with Gasteiger partial charge < -0.3 is 16.0 Å². The summed E-state index contributed by atoms with van der Waals surface area (Å²) in [6, 6.07) is 5.32. The van der Waals surface area contributed by atoms with Crippen LogP contribution in [0.1, 0.15) is 24.1 Å². The SMILES string of the molecule is Nc1c(N2CCNC3(CC3)C2)ccnc1Cc1cc(F)c2nccnc2c1. The Kier molecular flexibility index (Phi) is 3.72. The van der Waals surface area contributed by atoms with Gasteiger partial charge in [0, 0.05) is 50.2 Å². The number of rotatable bonds is 3. The third-order valence-electron chi connectivity index (χ3n) is 5.58. The molecule has 5 rings (SSSR count). The molecule has 7 heteroatoms. The Morgan fingerprint density at radius 3 is 2.85 bits per heavy atom. The summed E-state index contributed by atoms with van der Waals surface area (Å²) in [4.78, 5) is 15.1. The van der Waals surface area contributed by atoms with Crippen molar-refractivity contribution in [3.63, 3.8) is 0 Å². The van der Waals surface area contributed by atoms with Crippen molar-refractivity contribution < 1.29 is 4.39 Å². The quantitative estimate of drug-likeness (QED) is 0.742. The molecule has 1 aliphatic heterocycles. The zero-order valence-corrected chi connectivity index (χ0v) is 15.0. The van der Waals surface area contributed by atoms with Crippen LogP contribution >= 0.6 is 0 Å². The normalized spacial score (nSPS) is 18.2. The van der Waals surface area contributed by atoms with Crippen molar-refractivity contribution in [3.05, 3.63) is 53.9 Å². The summed E-state index contributed by atoms with van der Waals surface area (Å²) in [5.41, 5.74) is 10.8. The molecule has 0 amide bonds. The van der Waals surface area contributed by atoms with Gasteiger partial charge in [-0.1, -0.05) is 0 Å². The molecule has 1 saturated carbocycles. The molecule has 0 bridgehead atoms. The molecular formula is C20H21FN6. The lowest BCUT2D eigenvalue weighted by Gasteiger charge is -2.36. The summed E-state index contributed by atoms with van der Waals surface area (Å²) in [5.74, 6) is -0.372. The van der Waals surface area contributed by atoms with E-state index in [-0.39, 0.29) is 16.9 Å². The summed E-state index contributed by atoms with van der Waals surface area (Å²) in [5, 5.41) is 3.61. The predicted molar refractivity (Wildman–Crippen MR) is 103 cm³/mol. The third-order valence-corrected chi connectivity index (χ3v) is 5.58. The van der Waals surface area contributed by atoms with Crippen LogP contribution < -0.4 is 16.0 Å². The highest BCUT2D eigenvalue weighted by Crippen LogP contribution is 2.40. The fourth-order valence-corrected chi connectivity index (χ4v) is 3.95. The smallest absolute Gasteiger partial charge is 0.151 e. The van der Waals surface area contributed by atoms with E-state index in [1.165, 1.54) is 25.1 Å². The second-order valence-corrected chi connectivity index (χ2v) is 7.50. The highest BCUT2D eigenvalue weighted by atomic mass is 19.1. The number of anilines is 2. The molecule has 1 aliphatic carbocycles. The number of nitrogen functional groups attached to an aromatic ring is 1. The second kappa shape index (κ2) is 6.13. The summed E-state index contributed by atoms with van der Waals surface area (Å²) >= 11 is 0. The maximum atomic E-state index is 14.3. The first kappa shape index (κ1) is 16.4. The number of nitrogens with two attached hydrogens (primary N) is 1. The number of aromatic nitrogens is 3. The van der Waals surface area contributed by atoms with Gasteiger partial charge in [-0.25, -0.2) is 9.37 Å². The maximum Gasteiger partial charge on any atom is 0.151 e. The average molecular weight is 364 g/mol. The van der Waals surface area contributed by atoms with Crippen LogP contribution in [0, 0.1) is 5.82 Å². The molecule has 3 N–H and O–H groups in total. The minimum Gasteiger partial charge on any atom is -0.396 e. The van der Waals surface area contributed by atoms with Crippen LogP contribution in [-0.2, 0) is 6.42 Å². The Bertz CT molecular complexity index is 1020. The van der Waals surface area contributed by atoms with Crippen LogP contribution in [-0.4, -0.2) is 40.1 Å². The Labute approximate surface area is 156 Å². The van der Waals surface area contributed by atoms with E-state index in [0.29, 0.717) is 17.6 Å². The first-order valence-electron chi connectivity index (χ1n) is 9.26. The van der Waals surface area contributed by atoms with Crippen molar-refractivity contribution in [1.29, 1.82) is 0 Å². The zero-order chi connectivity index (χ0) is 18.4. The Balaban J connectivity index is 1.46. The molecule has 6 nitrogen and oxygen atoms in total. The van der Waals surface area contributed by atoms with Crippen molar-refractivity contribution >= 4 is 22.4 Å². The van der Waals surface area contributed by atoms with Crippen LogP contribution in [0.25, 0.3) is 11.0 Å². The van der Waals surface area contributed by atoms with Crippen molar-refractivity contribution in [2.45, 2.75) is 24.8 Å². The Morgan fingerprint density at radius 1 is 1.15 bits per heavy atom. The number of halogens is 1. The van der Waals surface area contributed by atoms with E-state index < -0.39 is 0 Å². The summed E-state index contributed by atoms with van der Waals surface area (Å²) in [7, 11) is 0. The molecule has 2 aromatic heterocycles. The first-order valence-corrected chi connectivity index (χ1v) is 9.26. The van der Waals surface area contributed by atoms with Gasteiger partial charge >= 0.3 is 0 Å². The van der Waals surface area contributed by atoms with Crippen LogP contribution in [0.5, 0.6) is 0 Å². The van der Waals surface area contributed by atoms with Gasteiger partial charge in [-0.05, 0) is 36.6 Å². The lowest BCUT2D eigenvalue weighted by atomic mass is 10.1. The average Bonchev–Trinajstić information content (AvgIpc) is 3.42. The van der Waals surface area contributed by atoms with Gasteiger partial charge in [0.2, 0.25) is 0 Å². The Morgan fingerprint density at radius 2 is 2.00 bits per heavy atom. The van der Waals surface area contributed by atoms with Crippen LogP contribution in [0.4, 0.5) is 15.8 Å². The van der Waals surface area contributed by atoms with Crippen LogP contribution in [0.15, 0.2) is 36.8 Å². The van der Waals surface area contributed by atoms with Crippen LogP contribution in [0.2, 0.25) is 0 Å². The molecular weight excluding hydrogens is 343 g/mol. The van der Waals surface area contributed by atoms with Gasteiger partial charge in [-0.15, -0.1) is 0 Å². The molecule has 138 valence electrons. The van der Waals surface area contributed by atoms with Gasteiger partial charge in [0.25, 0.3) is 0 Å². The van der Waals surface area contributed by atoms with E-state index in [4.69, 9.17) is 5.73 Å². The number of fused-ring (bicyclic) bond motifs is 1. The molecule has 3 aromatic rings. The molecule has 2 fully saturated rings. The van der Waals surface area contributed by atoms with E-state index in [9.17, 15) is 4.39 Å². The first-order chi connectivity index (χ1) is 13.1. The molecule has 0 radical (unpaired) electrons. The van der Waals surface area contributed by atoms with E-state index in [1.807, 2.05) is 12.1 Å². The summed E-state index contributed by atoms with van der Waals surface area (Å²) in [6.07, 6.45) is 7.75. The molecule has 0 unspecified atom stereocenters. The standard InChI is InChI=1S/C20H21FN6/c21-14-9-13(11-16-19(14)25-6-5-24-16)10-15-18(22)17(1-4-23-15)27-8-7-26-20(12-27)2-3-20/h1,4-6,9,11,26H,2-3,7-8,10,12,22H2. The van der Waals surface area contributed by atoms with Gasteiger partial charge in [-0.2, -0.15) is 0 Å². The number of nitrogens with zero attached hydrogens (tertiary/aromatic N) is 4. The topological polar surface area (TPSA) is 80.0 Å². The molecule has 1 spiro atoms. The van der Waals surface area contributed by atoms with E-state index in [1.54, 1.807) is 12.4 Å². The largest absolute Gasteiger partial charge is 0.396 e. The number of hydrogen-bond acceptors (Lipinski definition) is 6. The fourth-order valence-electron chi connectivity index (χ4n) is 3.95. The van der Waals surface area contributed by atoms with Gasteiger partial charge in [-0.3, -0.25) is 9.97 Å². The minimum absolute atomic E-state index is 0.272. The molecule has 0 atom stereocenters. The van der Waals surface area contributed by atoms with Crippen molar-refractivity contribution in [3.8, 4) is 0 Å². The highest BCUT2D eigenvalue weighted by molar-refractivity contribution is 5.76. The molecule has 1 saturated heterocycles. The van der Waals surface area contributed by atoms with Crippen LogP contribution in [0.3, 0.4) is 0 Å². The second-order valence-electron chi connectivity index (χ2n) is 7.50. The van der Waals surface area contributed by atoms with Gasteiger partial charge in [0.15, 0.2) is 5.82 Å². The number of piperazine rings is 1. The zero-order valence-electron chi connectivity index (χ0n) is 15.0. The van der Waals surface area contributed by atoms with E-state index in [2.05, 4.69) is 25.2 Å². The van der Waals surface area contributed by atoms with E-state index in [0.717, 1.165) is 36.6 Å².